The van der Waals surface area contributed by atoms with Gasteiger partial charge in [0.15, 0.2) is 5.82 Å². The molecular weight excluding hydrogens is 559 g/mol. The van der Waals surface area contributed by atoms with Gasteiger partial charge in [-0.25, -0.2) is 19.2 Å². The number of benzene rings is 2. The van der Waals surface area contributed by atoms with E-state index in [2.05, 4.69) is 15.8 Å². The van der Waals surface area contributed by atoms with Crippen LogP contribution >= 0.6 is 11.6 Å². The molecule has 0 radical (unpaired) electrons. The molecule has 1 atom stereocenters. The highest BCUT2D eigenvalue weighted by Crippen LogP contribution is 2.30. The van der Waals surface area contributed by atoms with Crippen LogP contribution in [0.3, 0.4) is 0 Å². The standard InChI is InChI=1S/C32H30ClFN4O4/c1-2-20-6-7-22(25(33)14-20)19-42-30-5-3-4-27(35-30)21-8-11-37(12-9-21)18-29-36-31-26(34)15-23(32(39)40)16-28(31)38(29)17-24-10-13-41-24/h1,3-7,14-16,21,24H,8-13,17-19H2,(H,39,40)/t24-/m0/s1. The first-order chi connectivity index (χ1) is 20.4. The Kier molecular flexibility index (Phi) is 8.11. The van der Waals surface area contributed by atoms with Crippen molar-refractivity contribution in [2.45, 2.75) is 51.0 Å². The molecule has 2 aromatic carbocycles. The SMILES string of the molecule is C#Cc1ccc(COc2cccc(C3CCN(Cc4nc5c(F)cc(C(=O)O)cc5n4C[C@@H]4CCO4)CC3)n2)c(Cl)c1. The molecule has 6 rings (SSSR count). The number of ether oxygens (including phenoxy) is 2. The van der Waals surface area contributed by atoms with Crippen LogP contribution in [-0.2, 0) is 24.4 Å². The van der Waals surface area contributed by atoms with Crippen molar-refractivity contribution in [3.8, 4) is 18.2 Å². The fraction of sp³-hybridized carbons (Fsp3) is 0.344. The predicted molar refractivity (Wildman–Crippen MR) is 156 cm³/mol. The number of hydrogen-bond donors (Lipinski definition) is 1. The van der Waals surface area contributed by atoms with E-state index < -0.39 is 11.8 Å². The van der Waals surface area contributed by atoms with Gasteiger partial charge >= 0.3 is 5.97 Å². The third-order valence-electron chi connectivity index (χ3n) is 8.02. The first-order valence-electron chi connectivity index (χ1n) is 14.0. The summed E-state index contributed by atoms with van der Waals surface area (Å²) in [6.07, 6.45) is 8.17. The number of imidazole rings is 1. The Morgan fingerprint density at radius 1 is 1.17 bits per heavy atom. The zero-order valence-corrected chi connectivity index (χ0v) is 23.7. The quantitative estimate of drug-likeness (QED) is 0.253. The Balaban J connectivity index is 1.12. The molecule has 10 heteroatoms. The van der Waals surface area contributed by atoms with E-state index >= 15 is 0 Å². The van der Waals surface area contributed by atoms with Crippen molar-refractivity contribution in [1.29, 1.82) is 0 Å². The van der Waals surface area contributed by atoms with Gasteiger partial charge in [-0.3, -0.25) is 4.90 Å². The molecule has 4 heterocycles. The van der Waals surface area contributed by atoms with Gasteiger partial charge in [0.2, 0.25) is 5.88 Å². The number of aromatic carboxylic acids is 1. The van der Waals surface area contributed by atoms with Crippen molar-refractivity contribution in [2.75, 3.05) is 19.7 Å². The second kappa shape index (κ2) is 12.1. The van der Waals surface area contributed by atoms with Gasteiger partial charge in [0.1, 0.15) is 17.9 Å². The van der Waals surface area contributed by atoms with E-state index in [1.54, 1.807) is 6.07 Å². The number of carboxylic acids is 1. The summed E-state index contributed by atoms with van der Waals surface area (Å²) in [6.45, 7) is 3.68. The van der Waals surface area contributed by atoms with Crippen LogP contribution in [0.15, 0.2) is 48.5 Å². The number of rotatable bonds is 9. The molecule has 2 aliphatic heterocycles. The summed E-state index contributed by atoms with van der Waals surface area (Å²) < 4.78 is 28.4. The van der Waals surface area contributed by atoms with E-state index in [1.807, 2.05) is 34.9 Å². The molecule has 4 aromatic rings. The van der Waals surface area contributed by atoms with Crippen LogP contribution in [0.5, 0.6) is 5.88 Å². The summed E-state index contributed by atoms with van der Waals surface area (Å²) in [5.74, 6) is 2.31. The van der Waals surface area contributed by atoms with Gasteiger partial charge < -0.3 is 19.1 Å². The minimum atomic E-state index is -1.17. The second-order valence-electron chi connectivity index (χ2n) is 10.7. The predicted octanol–water partition coefficient (Wildman–Crippen LogP) is 5.65. The fourth-order valence-corrected chi connectivity index (χ4v) is 5.78. The summed E-state index contributed by atoms with van der Waals surface area (Å²) in [5.41, 5.74) is 3.13. The van der Waals surface area contributed by atoms with E-state index in [-0.39, 0.29) is 23.1 Å². The highest BCUT2D eigenvalue weighted by Gasteiger charge is 2.27. The minimum Gasteiger partial charge on any atom is -0.478 e. The molecule has 42 heavy (non-hydrogen) atoms. The molecule has 0 aliphatic carbocycles. The number of terminal acetylenes is 1. The number of likely N-dealkylation sites (tertiary alicyclic amines) is 1. The van der Waals surface area contributed by atoms with E-state index in [1.165, 1.54) is 6.07 Å². The molecule has 2 aromatic heterocycles. The molecule has 0 bridgehead atoms. The van der Waals surface area contributed by atoms with Crippen molar-refractivity contribution in [1.82, 2.24) is 19.4 Å². The normalized spacial score (nSPS) is 17.6. The maximum Gasteiger partial charge on any atom is 0.335 e. The number of carboxylic acid groups (broad SMARTS) is 1. The van der Waals surface area contributed by atoms with Crippen LogP contribution in [0.1, 0.15) is 58.2 Å². The van der Waals surface area contributed by atoms with Gasteiger partial charge in [0.05, 0.1) is 30.3 Å². The summed E-state index contributed by atoms with van der Waals surface area (Å²) in [5, 5.41) is 10.0. The van der Waals surface area contributed by atoms with Crippen molar-refractivity contribution >= 4 is 28.6 Å². The summed E-state index contributed by atoms with van der Waals surface area (Å²) in [4.78, 5) is 23.3. The number of aromatic nitrogens is 3. The zero-order chi connectivity index (χ0) is 29.2. The molecule has 0 spiro atoms. The summed E-state index contributed by atoms with van der Waals surface area (Å²) in [6, 6.07) is 13.8. The molecule has 8 nitrogen and oxygen atoms in total. The number of piperidine rings is 1. The lowest BCUT2D eigenvalue weighted by atomic mass is 9.93. The molecule has 2 saturated heterocycles. The molecular formula is C32H30ClFN4O4. The topological polar surface area (TPSA) is 89.7 Å². The lowest BCUT2D eigenvalue weighted by molar-refractivity contribution is -0.0592. The number of nitrogens with zero attached hydrogens (tertiary/aromatic N) is 4. The van der Waals surface area contributed by atoms with Crippen LogP contribution in [0.4, 0.5) is 4.39 Å². The third kappa shape index (κ3) is 5.97. The van der Waals surface area contributed by atoms with E-state index in [0.29, 0.717) is 48.5 Å². The lowest BCUT2D eigenvalue weighted by Crippen LogP contribution is -2.35. The maximum absolute atomic E-state index is 14.9. The van der Waals surface area contributed by atoms with Gasteiger partial charge in [-0.05, 0) is 62.7 Å². The highest BCUT2D eigenvalue weighted by molar-refractivity contribution is 6.31. The smallest absolute Gasteiger partial charge is 0.335 e. The summed E-state index contributed by atoms with van der Waals surface area (Å²) >= 11 is 6.34. The highest BCUT2D eigenvalue weighted by atomic mass is 35.5. The van der Waals surface area contributed by atoms with Crippen LogP contribution in [0.2, 0.25) is 5.02 Å². The molecule has 0 unspecified atom stereocenters. The van der Waals surface area contributed by atoms with Gasteiger partial charge in [-0.1, -0.05) is 29.7 Å². The zero-order valence-electron chi connectivity index (χ0n) is 22.9. The Morgan fingerprint density at radius 3 is 2.67 bits per heavy atom. The molecule has 2 fully saturated rings. The average Bonchev–Trinajstić information content (AvgIpc) is 3.31. The number of hydrogen-bond acceptors (Lipinski definition) is 6. The molecule has 1 N–H and O–H groups in total. The van der Waals surface area contributed by atoms with E-state index in [4.69, 9.17) is 32.5 Å². The van der Waals surface area contributed by atoms with Crippen molar-refractivity contribution in [3.05, 3.63) is 87.6 Å². The Morgan fingerprint density at radius 2 is 1.98 bits per heavy atom. The van der Waals surface area contributed by atoms with Crippen molar-refractivity contribution in [2.24, 2.45) is 0 Å². The molecule has 2 aliphatic rings. The van der Waals surface area contributed by atoms with Crippen LogP contribution in [-0.4, -0.2) is 56.3 Å². The monoisotopic (exact) mass is 588 g/mol. The van der Waals surface area contributed by atoms with E-state index in [9.17, 15) is 14.3 Å². The number of fused-ring (bicyclic) bond motifs is 1. The Bertz CT molecular complexity index is 1670. The third-order valence-corrected chi connectivity index (χ3v) is 8.38. The summed E-state index contributed by atoms with van der Waals surface area (Å²) in [7, 11) is 0. The average molecular weight is 589 g/mol. The maximum atomic E-state index is 14.9. The van der Waals surface area contributed by atoms with Crippen molar-refractivity contribution < 1.29 is 23.8 Å². The van der Waals surface area contributed by atoms with Crippen LogP contribution in [0, 0.1) is 18.2 Å². The Hall–Kier alpha value is -3.97. The lowest BCUT2D eigenvalue weighted by Gasteiger charge is -2.32. The number of halogens is 2. The number of carbonyl (C=O) groups is 1. The second-order valence-corrected chi connectivity index (χ2v) is 11.1. The largest absolute Gasteiger partial charge is 0.478 e. The molecule has 0 saturated carbocycles. The molecule has 0 amide bonds. The molecule has 216 valence electrons. The van der Waals surface area contributed by atoms with E-state index in [0.717, 1.165) is 55.2 Å². The Labute approximate surface area is 248 Å². The fourth-order valence-electron chi connectivity index (χ4n) is 5.54. The van der Waals surface area contributed by atoms with Crippen molar-refractivity contribution in [3.63, 3.8) is 0 Å². The van der Waals surface area contributed by atoms with Gasteiger partial charge in [0.25, 0.3) is 0 Å². The van der Waals surface area contributed by atoms with Gasteiger partial charge in [-0.15, -0.1) is 6.42 Å². The minimum absolute atomic E-state index is 0.0161. The first-order valence-corrected chi connectivity index (χ1v) is 14.4. The van der Waals surface area contributed by atoms with Gasteiger partial charge in [-0.2, -0.15) is 0 Å². The van der Waals surface area contributed by atoms with Crippen LogP contribution in [0.25, 0.3) is 11.0 Å². The van der Waals surface area contributed by atoms with Crippen LogP contribution < -0.4 is 4.74 Å². The van der Waals surface area contributed by atoms with Gasteiger partial charge in [0, 0.05) is 40.4 Å². The number of pyridine rings is 1. The first kappa shape index (κ1) is 28.2.